The number of hydrogen-bond donors (Lipinski definition) is 1. The van der Waals surface area contributed by atoms with Crippen molar-refractivity contribution in [1.82, 2.24) is 4.98 Å². The van der Waals surface area contributed by atoms with Crippen LogP contribution in [0.4, 0.5) is 0 Å². The van der Waals surface area contributed by atoms with Gasteiger partial charge in [-0.25, -0.2) is 4.79 Å². The summed E-state index contributed by atoms with van der Waals surface area (Å²) in [5.41, 5.74) is 2.77. The normalized spacial score (nSPS) is 10.6. The lowest BCUT2D eigenvalue weighted by Crippen LogP contribution is -2.07. The number of aromatic nitrogens is 1. The summed E-state index contributed by atoms with van der Waals surface area (Å²) in [6.45, 7) is 7.31. The monoisotopic (exact) mass is 285 g/mol. The summed E-state index contributed by atoms with van der Waals surface area (Å²) in [4.78, 5) is 27.0. The molecule has 0 saturated heterocycles. The second-order valence-electron chi connectivity index (χ2n) is 4.84. The Hall–Kier alpha value is -2.36. The predicted octanol–water partition coefficient (Wildman–Crippen LogP) is 3.67. The topological polar surface area (TPSA) is 59.2 Å². The van der Waals surface area contributed by atoms with E-state index < -0.39 is 0 Å². The van der Waals surface area contributed by atoms with Crippen LogP contribution in [0, 0.1) is 0 Å². The van der Waals surface area contributed by atoms with E-state index >= 15 is 0 Å². The minimum atomic E-state index is -0.358. The summed E-state index contributed by atoms with van der Waals surface area (Å²) >= 11 is 0. The Balaban J connectivity index is 2.60. The van der Waals surface area contributed by atoms with E-state index in [2.05, 4.69) is 11.6 Å². The molecular formula is C17H19NO3. The van der Waals surface area contributed by atoms with E-state index in [1.807, 2.05) is 6.07 Å². The zero-order valence-electron chi connectivity index (χ0n) is 12.4. The molecule has 0 atom stereocenters. The number of carbonyl (C=O) groups excluding carboxylic acids is 2. The van der Waals surface area contributed by atoms with Crippen LogP contribution in [0.5, 0.6) is 0 Å². The van der Waals surface area contributed by atoms with E-state index in [0.717, 1.165) is 23.0 Å². The van der Waals surface area contributed by atoms with Crippen LogP contribution in [0.1, 0.15) is 46.7 Å². The number of rotatable bonds is 6. The SMILES string of the molecule is C=CCCc1[nH]c2ccc(C(C)=O)cc2c1C(=O)OCC. The molecule has 1 N–H and O–H groups in total. The van der Waals surface area contributed by atoms with Crippen molar-refractivity contribution < 1.29 is 14.3 Å². The summed E-state index contributed by atoms with van der Waals surface area (Å²) in [5, 5.41) is 0.736. The molecule has 2 rings (SSSR count). The minimum absolute atomic E-state index is 0.0273. The van der Waals surface area contributed by atoms with Gasteiger partial charge in [-0.3, -0.25) is 4.79 Å². The first-order valence-corrected chi connectivity index (χ1v) is 7.02. The number of benzene rings is 1. The molecule has 4 heteroatoms. The largest absolute Gasteiger partial charge is 0.462 e. The highest BCUT2D eigenvalue weighted by Gasteiger charge is 2.19. The highest BCUT2D eigenvalue weighted by Crippen LogP contribution is 2.26. The predicted molar refractivity (Wildman–Crippen MR) is 82.8 cm³/mol. The van der Waals surface area contributed by atoms with Crippen LogP contribution in [-0.4, -0.2) is 23.3 Å². The maximum atomic E-state index is 12.2. The van der Waals surface area contributed by atoms with E-state index in [9.17, 15) is 9.59 Å². The number of H-pyrrole nitrogens is 1. The first-order valence-electron chi connectivity index (χ1n) is 7.02. The Morgan fingerprint density at radius 3 is 2.76 bits per heavy atom. The van der Waals surface area contributed by atoms with Crippen LogP contribution in [0.3, 0.4) is 0 Å². The first-order chi connectivity index (χ1) is 10.1. The number of hydrogen-bond acceptors (Lipinski definition) is 3. The summed E-state index contributed by atoms with van der Waals surface area (Å²) < 4.78 is 5.15. The van der Waals surface area contributed by atoms with Gasteiger partial charge in [0.1, 0.15) is 0 Å². The Labute approximate surface area is 123 Å². The Morgan fingerprint density at radius 1 is 1.38 bits per heavy atom. The number of fused-ring (bicyclic) bond motifs is 1. The summed E-state index contributed by atoms with van der Waals surface area (Å²) in [7, 11) is 0. The maximum absolute atomic E-state index is 12.2. The van der Waals surface area contributed by atoms with Crippen molar-refractivity contribution in [2.75, 3.05) is 6.61 Å². The second-order valence-corrected chi connectivity index (χ2v) is 4.84. The maximum Gasteiger partial charge on any atom is 0.340 e. The van der Waals surface area contributed by atoms with Gasteiger partial charge in [0.15, 0.2) is 5.78 Å². The molecule has 0 bridgehead atoms. The molecule has 2 aromatic rings. The molecule has 1 aromatic heterocycles. The average molecular weight is 285 g/mol. The van der Waals surface area contributed by atoms with Crippen molar-refractivity contribution >= 4 is 22.7 Å². The van der Waals surface area contributed by atoms with E-state index in [1.54, 1.807) is 25.1 Å². The molecule has 0 aliphatic rings. The summed E-state index contributed by atoms with van der Waals surface area (Å²) in [5.74, 6) is -0.385. The molecule has 1 heterocycles. The smallest absolute Gasteiger partial charge is 0.340 e. The van der Waals surface area contributed by atoms with Crippen molar-refractivity contribution in [2.24, 2.45) is 0 Å². The molecule has 4 nitrogen and oxygen atoms in total. The Bertz CT molecular complexity index is 697. The molecule has 0 radical (unpaired) electrons. The second kappa shape index (κ2) is 6.39. The molecular weight excluding hydrogens is 266 g/mol. The minimum Gasteiger partial charge on any atom is -0.462 e. The average Bonchev–Trinajstić information content (AvgIpc) is 2.82. The van der Waals surface area contributed by atoms with Crippen molar-refractivity contribution in [3.63, 3.8) is 0 Å². The van der Waals surface area contributed by atoms with Crippen LogP contribution in [0.2, 0.25) is 0 Å². The van der Waals surface area contributed by atoms with Gasteiger partial charge in [0.25, 0.3) is 0 Å². The standard InChI is InChI=1S/C17H19NO3/c1-4-6-7-15-16(17(20)21-5-2)13-10-12(11(3)19)8-9-14(13)18-15/h4,8-10,18H,1,5-7H2,2-3H3. The van der Waals surface area contributed by atoms with E-state index in [1.165, 1.54) is 6.92 Å². The highest BCUT2D eigenvalue weighted by atomic mass is 16.5. The number of aryl methyl sites for hydroxylation is 1. The third-order valence-electron chi connectivity index (χ3n) is 3.36. The zero-order valence-corrected chi connectivity index (χ0v) is 12.4. The molecule has 0 spiro atoms. The fraction of sp³-hybridized carbons (Fsp3) is 0.294. The highest BCUT2D eigenvalue weighted by molar-refractivity contribution is 6.08. The van der Waals surface area contributed by atoms with Crippen LogP contribution < -0.4 is 0 Å². The van der Waals surface area contributed by atoms with E-state index in [-0.39, 0.29) is 11.8 Å². The third-order valence-corrected chi connectivity index (χ3v) is 3.36. The number of esters is 1. The fourth-order valence-corrected chi connectivity index (χ4v) is 2.34. The van der Waals surface area contributed by atoms with Gasteiger partial charge in [0, 0.05) is 22.2 Å². The van der Waals surface area contributed by atoms with Gasteiger partial charge >= 0.3 is 5.97 Å². The number of carbonyl (C=O) groups is 2. The molecule has 0 aliphatic heterocycles. The third kappa shape index (κ3) is 3.05. The quantitative estimate of drug-likeness (QED) is 0.500. The molecule has 0 aliphatic carbocycles. The molecule has 0 amide bonds. The lowest BCUT2D eigenvalue weighted by atomic mass is 10.0. The van der Waals surface area contributed by atoms with Gasteiger partial charge < -0.3 is 9.72 Å². The van der Waals surface area contributed by atoms with Gasteiger partial charge in [-0.1, -0.05) is 6.08 Å². The number of ketones is 1. The molecule has 0 saturated carbocycles. The lowest BCUT2D eigenvalue weighted by Gasteiger charge is -2.04. The molecule has 1 aromatic carbocycles. The zero-order chi connectivity index (χ0) is 15.4. The number of allylic oxidation sites excluding steroid dienone is 1. The molecule has 0 fully saturated rings. The van der Waals surface area contributed by atoms with Crippen LogP contribution in [0.15, 0.2) is 30.9 Å². The summed E-state index contributed by atoms with van der Waals surface area (Å²) in [6.07, 6.45) is 3.25. The number of aromatic amines is 1. The van der Waals surface area contributed by atoms with Crippen molar-refractivity contribution in [1.29, 1.82) is 0 Å². The van der Waals surface area contributed by atoms with Crippen molar-refractivity contribution in [2.45, 2.75) is 26.7 Å². The van der Waals surface area contributed by atoms with Gasteiger partial charge in [-0.2, -0.15) is 0 Å². The number of Topliss-reactive ketones (excluding diaryl/α,β-unsaturated/α-hetero) is 1. The number of ether oxygens (including phenoxy) is 1. The van der Waals surface area contributed by atoms with Gasteiger partial charge in [0.05, 0.1) is 12.2 Å². The molecule has 110 valence electrons. The Kier molecular flexibility index (Phi) is 4.58. The lowest BCUT2D eigenvalue weighted by molar-refractivity contribution is 0.0527. The van der Waals surface area contributed by atoms with Gasteiger partial charge in [-0.05, 0) is 44.9 Å². The van der Waals surface area contributed by atoms with Crippen molar-refractivity contribution in [3.8, 4) is 0 Å². The first kappa shape index (κ1) is 15.0. The van der Waals surface area contributed by atoms with Crippen LogP contribution in [-0.2, 0) is 11.2 Å². The van der Waals surface area contributed by atoms with Gasteiger partial charge in [-0.15, -0.1) is 6.58 Å². The van der Waals surface area contributed by atoms with E-state index in [0.29, 0.717) is 24.2 Å². The molecule has 21 heavy (non-hydrogen) atoms. The number of nitrogens with one attached hydrogen (secondary N) is 1. The van der Waals surface area contributed by atoms with Crippen LogP contribution in [0.25, 0.3) is 10.9 Å². The summed E-state index contributed by atoms with van der Waals surface area (Å²) in [6, 6.07) is 5.33. The van der Waals surface area contributed by atoms with Crippen molar-refractivity contribution in [3.05, 3.63) is 47.7 Å². The van der Waals surface area contributed by atoms with Crippen LogP contribution >= 0.6 is 0 Å². The fourth-order valence-electron chi connectivity index (χ4n) is 2.34. The van der Waals surface area contributed by atoms with Gasteiger partial charge in [0.2, 0.25) is 0 Å². The van der Waals surface area contributed by atoms with E-state index in [4.69, 9.17) is 4.74 Å². The Morgan fingerprint density at radius 2 is 2.14 bits per heavy atom. The molecule has 0 unspecified atom stereocenters.